The number of aromatic nitrogens is 2. The summed E-state index contributed by atoms with van der Waals surface area (Å²) in [6.07, 6.45) is 3.54. The molecule has 1 aliphatic heterocycles. The summed E-state index contributed by atoms with van der Waals surface area (Å²) in [5.74, 6) is 0.692. The van der Waals surface area contributed by atoms with Gasteiger partial charge in [0.2, 0.25) is 0 Å². The van der Waals surface area contributed by atoms with Crippen molar-refractivity contribution in [3.8, 4) is 0 Å². The van der Waals surface area contributed by atoms with Crippen molar-refractivity contribution in [3.05, 3.63) is 17.5 Å². The molecule has 1 amide bonds. The summed E-state index contributed by atoms with van der Waals surface area (Å²) in [6, 6.07) is 1.92. The Hall–Kier alpha value is -1.32. The third-order valence-corrected chi connectivity index (χ3v) is 3.76. The van der Waals surface area contributed by atoms with Crippen molar-refractivity contribution in [1.82, 2.24) is 15.1 Å². The fourth-order valence-corrected chi connectivity index (χ4v) is 2.24. The average molecular weight is 219 g/mol. The van der Waals surface area contributed by atoms with E-state index in [1.54, 1.807) is 0 Å². The Morgan fingerprint density at radius 2 is 2.31 bits per heavy atom. The van der Waals surface area contributed by atoms with Gasteiger partial charge in [-0.2, -0.15) is 5.10 Å². The van der Waals surface area contributed by atoms with Crippen molar-refractivity contribution in [2.75, 3.05) is 6.54 Å². The van der Waals surface area contributed by atoms with Crippen molar-refractivity contribution in [3.63, 3.8) is 0 Å². The van der Waals surface area contributed by atoms with Crippen LogP contribution in [0.15, 0.2) is 6.07 Å². The van der Waals surface area contributed by atoms with Crippen LogP contribution in [-0.4, -0.2) is 33.1 Å². The van der Waals surface area contributed by atoms with Gasteiger partial charge in [0.25, 0.3) is 5.91 Å². The van der Waals surface area contributed by atoms with E-state index >= 15 is 0 Å². The number of carbonyl (C=O) groups is 1. The minimum absolute atomic E-state index is 0.00970. The number of nitrogens with one attached hydrogen (secondary N) is 1. The minimum atomic E-state index is 0.00970. The highest BCUT2D eigenvalue weighted by Crippen LogP contribution is 2.39. The van der Waals surface area contributed by atoms with Crippen LogP contribution in [0.2, 0.25) is 0 Å². The Labute approximate surface area is 95.0 Å². The van der Waals surface area contributed by atoms with E-state index in [0.29, 0.717) is 11.6 Å². The molecule has 1 aromatic rings. The van der Waals surface area contributed by atoms with E-state index in [0.717, 1.165) is 18.7 Å². The van der Waals surface area contributed by atoms with Crippen LogP contribution in [0.4, 0.5) is 0 Å². The molecule has 4 nitrogen and oxygen atoms in total. The first kappa shape index (κ1) is 9.87. The van der Waals surface area contributed by atoms with E-state index in [1.807, 2.05) is 11.0 Å². The fourth-order valence-electron chi connectivity index (χ4n) is 2.24. The maximum atomic E-state index is 12.1. The molecule has 16 heavy (non-hydrogen) atoms. The van der Waals surface area contributed by atoms with Crippen LogP contribution >= 0.6 is 0 Å². The molecule has 1 aromatic heterocycles. The first-order chi connectivity index (χ1) is 7.58. The minimum Gasteiger partial charge on any atom is -0.332 e. The number of rotatable bonds is 2. The van der Waals surface area contributed by atoms with Crippen molar-refractivity contribution >= 4 is 5.91 Å². The van der Waals surface area contributed by atoms with E-state index in [2.05, 4.69) is 24.0 Å². The molecule has 0 spiro atoms. The number of carbonyl (C=O) groups excluding carboxylic acids is 1. The summed E-state index contributed by atoms with van der Waals surface area (Å²) in [5.41, 5.74) is 1.71. The van der Waals surface area contributed by atoms with Gasteiger partial charge < -0.3 is 4.90 Å². The maximum absolute atomic E-state index is 12.1. The Bertz CT molecular complexity index is 431. The Kier molecular flexibility index (Phi) is 1.91. The highest BCUT2D eigenvalue weighted by molar-refractivity contribution is 5.93. The normalized spacial score (nSPS) is 23.0. The lowest BCUT2D eigenvalue weighted by Crippen LogP contribution is -2.58. The topological polar surface area (TPSA) is 49.0 Å². The van der Waals surface area contributed by atoms with Gasteiger partial charge in [0.1, 0.15) is 5.69 Å². The largest absolute Gasteiger partial charge is 0.332 e. The van der Waals surface area contributed by atoms with E-state index in [4.69, 9.17) is 0 Å². The molecular weight excluding hydrogens is 202 g/mol. The molecule has 0 aromatic carbocycles. The van der Waals surface area contributed by atoms with Gasteiger partial charge in [0, 0.05) is 23.7 Å². The first-order valence-corrected chi connectivity index (χ1v) is 5.95. The SMILES string of the molecule is CC1(C)CCN1C(=O)c1cc(C2CC2)[nH]n1. The van der Waals surface area contributed by atoms with Gasteiger partial charge in [-0.15, -0.1) is 0 Å². The summed E-state index contributed by atoms with van der Waals surface area (Å²) in [5, 5.41) is 7.11. The second-order valence-electron chi connectivity index (χ2n) is 5.50. The van der Waals surface area contributed by atoms with Gasteiger partial charge in [-0.25, -0.2) is 0 Å². The van der Waals surface area contributed by atoms with E-state index in [9.17, 15) is 4.79 Å². The predicted octanol–water partition coefficient (Wildman–Crippen LogP) is 1.91. The van der Waals surface area contributed by atoms with Crippen LogP contribution < -0.4 is 0 Å². The number of H-pyrrole nitrogens is 1. The van der Waals surface area contributed by atoms with Crippen LogP contribution in [0.25, 0.3) is 0 Å². The zero-order valence-electron chi connectivity index (χ0n) is 9.79. The molecule has 1 aliphatic carbocycles. The average Bonchev–Trinajstić information content (AvgIpc) is 2.95. The Balaban J connectivity index is 1.78. The van der Waals surface area contributed by atoms with Crippen LogP contribution in [-0.2, 0) is 0 Å². The van der Waals surface area contributed by atoms with Crippen LogP contribution in [0, 0.1) is 0 Å². The van der Waals surface area contributed by atoms with Crippen LogP contribution in [0.3, 0.4) is 0 Å². The van der Waals surface area contributed by atoms with Crippen molar-refractivity contribution < 1.29 is 4.79 Å². The third kappa shape index (κ3) is 1.44. The summed E-state index contributed by atoms with van der Waals surface area (Å²) in [7, 11) is 0. The lowest BCUT2D eigenvalue weighted by atomic mass is 9.88. The number of nitrogens with zero attached hydrogens (tertiary/aromatic N) is 2. The number of likely N-dealkylation sites (tertiary alicyclic amines) is 1. The fraction of sp³-hybridized carbons (Fsp3) is 0.667. The molecule has 0 bridgehead atoms. The molecular formula is C12H17N3O. The number of amides is 1. The molecule has 0 unspecified atom stereocenters. The monoisotopic (exact) mass is 219 g/mol. The Morgan fingerprint density at radius 1 is 1.56 bits per heavy atom. The molecule has 86 valence electrons. The van der Waals surface area contributed by atoms with Gasteiger partial charge >= 0.3 is 0 Å². The van der Waals surface area contributed by atoms with E-state index < -0.39 is 0 Å². The van der Waals surface area contributed by atoms with Gasteiger partial charge in [0.15, 0.2) is 0 Å². The molecule has 4 heteroatoms. The summed E-state index contributed by atoms with van der Waals surface area (Å²) in [4.78, 5) is 14.0. The highest BCUT2D eigenvalue weighted by atomic mass is 16.2. The lowest BCUT2D eigenvalue weighted by Gasteiger charge is -2.48. The molecule has 2 fully saturated rings. The second-order valence-corrected chi connectivity index (χ2v) is 5.50. The zero-order valence-corrected chi connectivity index (χ0v) is 9.79. The van der Waals surface area contributed by atoms with Gasteiger partial charge in [-0.3, -0.25) is 9.89 Å². The van der Waals surface area contributed by atoms with Crippen molar-refractivity contribution in [2.24, 2.45) is 0 Å². The van der Waals surface area contributed by atoms with Gasteiger partial charge in [0.05, 0.1) is 0 Å². The zero-order chi connectivity index (χ0) is 11.3. The van der Waals surface area contributed by atoms with Crippen LogP contribution in [0.1, 0.15) is 55.2 Å². The molecule has 2 aliphatic rings. The molecule has 0 atom stereocenters. The standard InChI is InChI=1S/C12H17N3O/c1-12(2)5-6-15(12)11(16)10-7-9(13-14-10)8-3-4-8/h7-8H,3-6H2,1-2H3,(H,13,14). The van der Waals surface area contributed by atoms with Gasteiger partial charge in [-0.05, 0) is 39.2 Å². The lowest BCUT2D eigenvalue weighted by molar-refractivity contribution is 0.0152. The molecule has 2 heterocycles. The summed E-state index contributed by atoms with van der Waals surface area (Å²) in [6.45, 7) is 5.06. The quantitative estimate of drug-likeness (QED) is 0.826. The van der Waals surface area contributed by atoms with Crippen molar-refractivity contribution in [2.45, 2.75) is 44.6 Å². The first-order valence-electron chi connectivity index (χ1n) is 5.95. The predicted molar refractivity (Wildman–Crippen MR) is 60.3 cm³/mol. The summed E-state index contributed by atoms with van der Waals surface area (Å²) < 4.78 is 0. The summed E-state index contributed by atoms with van der Waals surface area (Å²) >= 11 is 0. The number of hydrogen-bond donors (Lipinski definition) is 1. The molecule has 1 saturated carbocycles. The smallest absolute Gasteiger partial charge is 0.274 e. The Morgan fingerprint density at radius 3 is 2.81 bits per heavy atom. The maximum Gasteiger partial charge on any atom is 0.274 e. The molecule has 0 radical (unpaired) electrons. The molecule has 1 N–H and O–H groups in total. The van der Waals surface area contributed by atoms with E-state index in [1.165, 1.54) is 12.8 Å². The van der Waals surface area contributed by atoms with Crippen LogP contribution in [0.5, 0.6) is 0 Å². The second kappa shape index (κ2) is 3.09. The molecule has 1 saturated heterocycles. The third-order valence-electron chi connectivity index (χ3n) is 3.76. The van der Waals surface area contributed by atoms with E-state index in [-0.39, 0.29) is 11.4 Å². The van der Waals surface area contributed by atoms with Crippen molar-refractivity contribution in [1.29, 1.82) is 0 Å². The number of aromatic amines is 1. The molecule has 3 rings (SSSR count). The highest BCUT2D eigenvalue weighted by Gasteiger charge is 2.40. The number of hydrogen-bond acceptors (Lipinski definition) is 2. The van der Waals surface area contributed by atoms with Gasteiger partial charge in [-0.1, -0.05) is 0 Å².